The normalized spacial score (nSPS) is 15.0. The molecule has 0 unspecified atom stereocenters. The van der Waals surface area contributed by atoms with Gasteiger partial charge in [-0.3, -0.25) is 0 Å². The molecule has 0 aromatic heterocycles. The van der Waals surface area contributed by atoms with Gasteiger partial charge in [-0.2, -0.15) is 0 Å². The number of anilines is 3. The molecule has 0 fully saturated rings. The summed E-state index contributed by atoms with van der Waals surface area (Å²) < 4.78 is 0. The molecule has 0 N–H and O–H groups in total. The minimum absolute atomic E-state index is 0.106. The van der Waals surface area contributed by atoms with E-state index in [9.17, 15) is 0 Å². The quantitative estimate of drug-likeness (QED) is 0.169. The van der Waals surface area contributed by atoms with Gasteiger partial charge in [0.1, 0.15) is 0 Å². The maximum absolute atomic E-state index is 2.47. The minimum atomic E-state index is -0.778. The number of hydrogen-bond acceptors (Lipinski definition) is 1. The summed E-state index contributed by atoms with van der Waals surface area (Å²) in [4.78, 5) is 3.90. The Balaban J connectivity index is 1.10. The van der Waals surface area contributed by atoms with Crippen molar-refractivity contribution < 1.29 is 0 Å². The smallest absolute Gasteiger partial charge is 0.0725 e. The van der Waals surface area contributed by atoms with E-state index in [-0.39, 0.29) is 10.8 Å². The second kappa shape index (κ2) is 12.2. The average molecular weight is 752 g/mol. The van der Waals surface area contributed by atoms with E-state index in [1.807, 2.05) is 0 Å². The fourth-order valence-corrected chi connectivity index (χ4v) is 11.3. The third-order valence-electron chi connectivity index (χ3n) is 13.1. The maximum Gasteiger partial charge on any atom is 0.0725 e. The van der Waals surface area contributed by atoms with Crippen LogP contribution in [-0.4, -0.2) is 18.8 Å². The Morgan fingerprint density at radius 2 is 0.754 bits per heavy atom. The number of benzene rings is 8. The van der Waals surface area contributed by atoms with Crippen molar-refractivity contribution >= 4 is 27.1 Å². The summed E-state index contributed by atoms with van der Waals surface area (Å²) in [6.45, 7) is 4.74. The fraction of sp³-hybridized carbons (Fsp3) is 0.127. The van der Waals surface area contributed by atoms with Crippen molar-refractivity contribution in [2.24, 2.45) is 0 Å². The zero-order chi connectivity index (χ0) is 38.7. The Morgan fingerprint density at radius 3 is 1.32 bits per heavy atom. The number of rotatable bonds is 5. The van der Waals surface area contributed by atoms with Crippen LogP contribution in [0.1, 0.15) is 47.2 Å². The van der Waals surface area contributed by atoms with Gasteiger partial charge in [0.05, 0.1) is 5.41 Å². The molecule has 2 heteroatoms. The summed E-state index contributed by atoms with van der Waals surface area (Å²) in [6.07, 6.45) is 7.06. The molecule has 11 rings (SSSR count). The Bertz CT molecular complexity index is 2860. The zero-order valence-corrected chi connectivity index (χ0v) is 34.0. The lowest BCUT2D eigenvalue weighted by Crippen LogP contribution is -2.25. The van der Waals surface area contributed by atoms with Gasteiger partial charge in [0, 0.05) is 22.5 Å². The van der Waals surface area contributed by atoms with Crippen molar-refractivity contribution in [1.29, 1.82) is 0 Å². The highest BCUT2D eigenvalue weighted by molar-refractivity contribution is 8.32. The average Bonchev–Trinajstić information content (AvgIpc) is 3.79. The zero-order valence-electron chi connectivity index (χ0n) is 33.2. The van der Waals surface area contributed by atoms with E-state index in [0.717, 1.165) is 17.1 Å². The molecule has 0 saturated heterocycles. The van der Waals surface area contributed by atoms with Crippen molar-refractivity contribution in [3.8, 4) is 44.5 Å². The largest absolute Gasteiger partial charge is 0.310 e. The van der Waals surface area contributed by atoms with E-state index in [4.69, 9.17) is 0 Å². The molecule has 0 amide bonds. The topological polar surface area (TPSA) is 3.24 Å². The molecule has 0 bridgehead atoms. The van der Waals surface area contributed by atoms with Gasteiger partial charge >= 0.3 is 0 Å². The monoisotopic (exact) mass is 751 g/mol. The second-order valence-corrected chi connectivity index (χ2v) is 21.4. The summed E-state index contributed by atoms with van der Waals surface area (Å²) in [5.74, 6) is 0. The molecule has 1 spiro atoms. The summed E-state index contributed by atoms with van der Waals surface area (Å²) in [5.41, 5.74) is 21.6. The first-order valence-corrected chi connectivity index (χ1v) is 22.9. The van der Waals surface area contributed by atoms with Crippen molar-refractivity contribution in [1.82, 2.24) is 0 Å². The third kappa shape index (κ3) is 4.84. The highest BCUT2D eigenvalue weighted by Gasteiger charge is 2.51. The highest BCUT2D eigenvalue weighted by Crippen LogP contribution is 2.63. The van der Waals surface area contributed by atoms with Gasteiger partial charge in [0.2, 0.25) is 0 Å². The van der Waals surface area contributed by atoms with E-state index < -0.39 is 10.0 Å². The van der Waals surface area contributed by atoms with Crippen LogP contribution in [0.25, 0.3) is 44.5 Å². The molecule has 8 aromatic carbocycles. The summed E-state index contributed by atoms with van der Waals surface area (Å²) >= 11 is 0. The van der Waals surface area contributed by atoms with Crippen molar-refractivity contribution in [2.45, 2.75) is 29.6 Å². The summed E-state index contributed by atoms with van der Waals surface area (Å²) in [6, 6.07) is 68.9. The molecular formula is C55H45NS. The van der Waals surface area contributed by atoms with Crippen molar-refractivity contribution in [2.75, 3.05) is 23.7 Å². The first kappa shape index (κ1) is 34.2. The van der Waals surface area contributed by atoms with Crippen molar-refractivity contribution in [3.63, 3.8) is 0 Å². The van der Waals surface area contributed by atoms with Gasteiger partial charge in [0.25, 0.3) is 0 Å². The second-order valence-electron chi connectivity index (χ2n) is 17.3. The Hall–Kier alpha value is -6.09. The van der Waals surface area contributed by atoms with E-state index in [1.165, 1.54) is 82.8 Å². The van der Waals surface area contributed by atoms with Crippen LogP contribution in [0.5, 0.6) is 0 Å². The van der Waals surface area contributed by atoms with Crippen LogP contribution in [0.3, 0.4) is 0 Å². The predicted molar refractivity (Wildman–Crippen MR) is 244 cm³/mol. The Kier molecular flexibility index (Phi) is 7.32. The van der Waals surface area contributed by atoms with E-state index >= 15 is 0 Å². The SMILES string of the molecule is CC1(C)c2ccccc2-c2ccc(N(c3ccc(-c4ccc(S(C)(C)C)cc4)cc3)c3ccc4c(c3)-c3ccccc3C43c4ccccc4-c4ccccc43)cc21. The molecule has 0 aliphatic heterocycles. The van der Waals surface area contributed by atoms with Crippen LogP contribution in [0.4, 0.5) is 17.1 Å². The third-order valence-corrected chi connectivity index (χ3v) is 14.8. The molecule has 276 valence electrons. The number of fused-ring (bicyclic) bond motifs is 13. The first-order chi connectivity index (χ1) is 27.7. The molecule has 57 heavy (non-hydrogen) atoms. The van der Waals surface area contributed by atoms with Crippen molar-refractivity contribution in [3.05, 3.63) is 215 Å². The molecule has 0 saturated carbocycles. The van der Waals surface area contributed by atoms with Crippen LogP contribution < -0.4 is 4.90 Å². The minimum Gasteiger partial charge on any atom is -0.310 e. The van der Waals surface area contributed by atoms with Gasteiger partial charge in [-0.15, -0.1) is 0 Å². The molecule has 3 aliphatic carbocycles. The van der Waals surface area contributed by atoms with E-state index in [2.05, 4.69) is 220 Å². The van der Waals surface area contributed by atoms with Gasteiger partial charge in [-0.05, 0) is 150 Å². The molecule has 1 nitrogen and oxygen atoms in total. The highest BCUT2D eigenvalue weighted by atomic mass is 32.3. The predicted octanol–water partition coefficient (Wildman–Crippen LogP) is 14.5. The number of nitrogens with zero attached hydrogens (tertiary/aromatic N) is 1. The molecule has 0 heterocycles. The van der Waals surface area contributed by atoms with Crippen LogP contribution in [0, 0.1) is 0 Å². The van der Waals surface area contributed by atoms with Gasteiger partial charge < -0.3 is 4.90 Å². The van der Waals surface area contributed by atoms with Gasteiger partial charge in [-0.25, -0.2) is 10.0 Å². The van der Waals surface area contributed by atoms with Crippen LogP contribution in [0.2, 0.25) is 0 Å². The molecule has 8 aromatic rings. The van der Waals surface area contributed by atoms with Crippen LogP contribution >= 0.6 is 10.0 Å². The molecular weight excluding hydrogens is 707 g/mol. The molecule has 0 atom stereocenters. The van der Waals surface area contributed by atoms with E-state index in [0.29, 0.717) is 0 Å². The Morgan fingerprint density at radius 1 is 0.351 bits per heavy atom. The fourth-order valence-electron chi connectivity index (χ4n) is 10.4. The summed E-state index contributed by atoms with van der Waals surface area (Å²) in [7, 11) is -0.778. The standard InChI is InChI=1S/C55H45NS/c1-54(2)48-18-10-6-14-42(48)46-32-28-40(35-53(46)54)56(38-26-22-36(23-27-38)37-24-30-41(31-25-37)57(3,4)5)39-29-33-52-47(34-39)45-17-9-13-21-51(45)55(52)49-19-11-7-15-43(49)44-16-8-12-20-50(44)55/h6-35H,1-5H3. The molecule has 0 radical (unpaired) electrons. The lowest BCUT2D eigenvalue weighted by Gasteiger charge is -2.31. The Labute approximate surface area is 338 Å². The molecule has 3 aliphatic rings. The number of hydrogen-bond donors (Lipinski definition) is 0. The van der Waals surface area contributed by atoms with Gasteiger partial charge in [0.15, 0.2) is 0 Å². The maximum atomic E-state index is 2.47. The lowest BCUT2D eigenvalue weighted by atomic mass is 9.70. The van der Waals surface area contributed by atoms with Crippen LogP contribution in [-0.2, 0) is 10.8 Å². The summed E-state index contributed by atoms with van der Waals surface area (Å²) in [5, 5.41) is 0. The van der Waals surface area contributed by atoms with Crippen LogP contribution in [0.15, 0.2) is 187 Å². The van der Waals surface area contributed by atoms with E-state index in [1.54, 1.807) is 0 Å². The first-order valence-electron chi connectivity index (χ1n) is 20.0. The van der Waals surface area contributed by atoms with Gasteiger partial charge in [-0.1, -0.05) is 147 Å². The lowest BCUT2D eigenvalue weighted by molar-refractivity contribution is 0.660.